The molecule has 0 unspecified atom stereocenters. The molecule has 0 saturated carbocycles. The number of hydrogen-bond acceptors (Lipinski definition) is 6. The van der Waals surface area contributed by atoms with Crippen molar-refractivity contribution in [3.05, 3.63) is 24.3 Å². The Hall–Kier alpha value is -2.13. The Labute approximate surface area is 159 Å². The van der Waals surface area contributed by atoms with Gasteiger partial charge in [-0.05, 0) is 31.2 Å². The zero-order valence-electron chi connectivity index (χ0n) is 15.6. The Kier molecular flexibility index (Phi) is 5.71. The minimum atomic E-state index is -3.15. The summed E-state index contributed by atoms with van der Waals surface area (Å²) in [5, 5.41) is 0. The van der Waals surface area contributed by atoms with Gasteiger partial charge in [0.05, 0.1) is 18.8 Å². The van der Waals surface area contributed by atoms with Gasteiger partial charge in [0.2, 0.25) is 15.9 Å². The second-order valence-corrected chi connectivity index (χ2v) is 8.81. The molecule has 2 aliphatic rings. The van der Waals surface area contributed by atoms with Crippen molar-refractivity contribution < 1.29 is 22.7 Å². The van der Waals surface area contributed by atoms with Gasteiger partial charge in [-0.2, -0.15) is 4.31 Å². The molecule has 1 aromatic carbocycles. The topological polar surface area (TPSA) is 87.2 Å². The molecule has 148 valence electrons. The molecule has 27 heavy (non-hydrogen) atoms. The first kappa shape index (κ1) is 19.6. The fourth-order valence-corrected chi connectivity index (χ4v) is 4.32. The Morgan fingerprint density at radius 2 is 1.70 bits per heavy atom. The van der Waals surface area contributed by atoms with E-state index in [1.54, 1.807) is 11.8 Å². The Morgan fingerprint density at radius 1 is 1.11 bits per heavy atom. The molecule has 8 nitrogen and oxygen atoms in total. The molecule has 0 spiro atoms. The highest BCUT2D eigenvalue weighted by atomic mass is 32.2. The number of hydrogen-bond donors (Lipinski definition) is 0. The van der Waals surface area contributed by atoms with Gasteiger partial charge in [-0.1, -0.05) is 0 Å². The van der Waals surface area contributed by atoms with Crippen LogP contribution < -0.4 is 9.80 Å². The molecule has 1 aromatic rings. The number of nitrogens with zero attached hydrogens (tertiary/aromatic N) is 3. The number of esters is 1. The second-order valence-electron chi connectivity index (χ2n) is 6.82. The number of sulfonamides is 1. The number of rotatable bonds is 5. The van der Waals surface area contributed by atoms with E-state index in [0.717, 1.165) is 11.4 Å². The maximum atomic E-state index is 12.3. The average molecular weight is 395 g/mol. The van der Waals surface area contributed by atoms with Crippen LogP contribution in [0.3, 0.4) is 0 Å². The lowest BCUT2D eigenvalue weighted by molar-refractivity contribution is -0.147. The van der Waals surface area contributed by atoms with E-state index in [9.17, 15) is 18.0 Å². The third kappa shape index (κ3) is 4.41. The van der Waals surface area contributed by atoms with Crippen molar-refractivity contribution >= 4 is 33.3 Å². The lowest BCUT2D eigenvalue weighted by atomic mass is 10.1. The Morgan fingerprint density at radius 3 is 2.26 bits per heavy atom. The molecule has 1 atom stereocenters. The molecular weight excluding hydrogens is 370 g/mol. The molecule has 0 aliphatic carbocycles. The molecule has 3 rings (SSSR count). The summed E-state index contributed by atoms with van der Waals surface area (Å²) in [6.07, 6.45) is 1.40. The lowest BCUT2D eigenvalue weighted by Gasteiger charge is -2.34. The van der Waals surface area contributed by atoms with Crippen LogP contribution in [-0.2, 0) is 24.3 Å². The van der Waals surface area contributed by atoms with Gasteiger partial charge in [0.25, 0.3) is 0 Å². The van der Waals surface area contributed by atoms with Crippen molar-refractivity contribution in [3.63, 3.8) is 0 Å². The highest BCUT2D eigenvalue weighted by molar-refractivity contribution is 7.88. The monoisotopic (exact) mass is 395 g/mol. The summed E-state index contributed by atoms with van der Waals surface area (Å²) in [7, 11) is -3.15. The van der Waals surface area contributed by atoms with E-state index < -0.39 is 15.9 Å². The van der Waals surface area contributed by atoms with Gasteiger partial charge in [0, 0.05) is 50.5 Å². The van der Waals surface area contributed by atoms with Crippen molar-refractivity contribution in [2.75, 3.05) is 55.4 Å². The predicted molar refractivity (Wildman–Crippen MR) is 102 cm³/mol. The van der Waals surface area contributed by atoms with Gasteiger partial charge >= 0.3 is 5.97 Å². The fraction of sp³-hybridized carbons (Fsp3) is 0.556. The zero-order valence-corrected chi connectivity index (χ0v) is 16.4. The number of carbonyl (C=O) groups excluding carboxylic acids is 2. The van der Waals surface area contributed by atoms with Crippen LogP contribution in [0.25, 0.3) is 0 Å². The molecule has 0 aromatic heterocycles. The summed E-state index contributed by atoms with van der Waals surface area (Å²) in [4.78, 5) is 27.9. The van der Waals surface area contributed by atoms with Crippen LogP contribution in [0.2, 0.25) is 0 Å². The largest absolute Gasteiger partial charge is 0.466 e. The standard InChI is InChI=1S/C18H25N3O5S/c1-3-26-18(23)14-12-17(22)21(13-14)16-6-4-15(5-7-16)19-8-10-20(11-9-19)27(2,24)25/h4-7,14H,3,8-13H2,1-2H3/t14-/m1/s1. The van der Waals surface area contributed by atoms with E-state index in [-0.39, 0.29) is 18.3 Å². The van der Waals surface area contributed by atoms with Crippen LogP contribution in [0.15, 0.2) is 24.3 Å². The highest BCUT2D eigenvalue weighted by Gasteiger charge is 2.36. The molecule has 0 radical (unpaired) electrons. The number of ether oxygens (including phenoxy) is 1. The van der Waals surface area contributed by atoms with E-state index in [0.29, 0.717) is 39.3 Å². The number of benzene rings is 1. The van der Waals surface area contributed by atoms with Crippen LogP contribution in [-0.4, -0.2) is 70.2 Å². The molecule has 9 heteroatoms. The number of anilines is 2. The molecule has 0 bridgehead atoms. The summed E-state index contributed by atoms with van der Waals surface area (Å²) < 4.78 is 29.7. The van der Waals surface area contributed by atoms with E-state index in [1.165, 1.54) is 10.6 Å². The van der Waals surface area contributed by atoms with E-state index in [4.69, 9.17) is 4.74 Å². The number of amides is 1. The van der Waals surface area contributed by atoms with Crippen molar-refractivity contribution in [2.24, 2.45) is 5.92 Å². The Bertz CT molecular complexity index is 801. The normalized spacial score (nSPS) is 21.6. The third-order valence-electron chi connectivity index (χ3n) is 4.98. The smallest absolute Gasteiger partial charge is 0.311 e. The number of piperazine rings is 1. The van der Waals surface area contributed by atoms with Gasteiger partial charge < -0.3 is 14.5 Å². The molecule has 2 fully saturated rings. The van der Waals surface area contributed by atoms with Crippen LogP contribution >= 0.6 is 0 Å². The first-order chi connectivity index (χ1) is 12.8. The minimum absolute atomic E-state index is 0.0810. The van der Waals surface area contributed by atoms with Gasteiger partial charge in [-0.15, -0.1) is 0 Å². The van der Waals surface area contributed by atoms with Crippen LogP contribution in [0.5, 0.6) is 0 Å². The van der Waals surface area contributed by atoms with Crippen molar-refractivity contribution in [1.29, 1.82) is 0 Å². The highest BCUT2D eigenvalue weighted by Crippen LogP contribution is 2.28. The first-order valence-corrected chi connectivity index (χ1v) is 10.9. The number of carbonyl (C=O) groups is 2. The van der Waals surface area contributed by atoms with Gasteiger partial charge in [-0.25, -0.2) is 8.42 Å². The fourth-order valence-electron chi connectivity index (χ4n) is 3.50. The summed E-state index contributed by atoms with van der Waals surface area (Å²) in [5.74, 6) is -0.822. The van der Waals surface area contributed by atoms with Crippen LogP contribution in [0.1, 0.15) is 13.3 Å². The minimum Gasteiger partial charge on any atom is -0.466 e. The molecule has 2 heterocycles. The maximum Gasteiger partial charge on any atom is 0.311 e. The summed E-state index contributed by atoms with van der Waals surface area (Å²) in [6.45, 7) is 4.58. The van der Waals surface area contributed by atoms with Crippen LogP contribution in [0, 0.1) is 5.92 Å². The Balaban J connectivity index is 1.63. The predicted octanol–water partition coefficient (Wildman–Crippen LogP) is 0.684. The van der Waals surface area contributed by atoms with Gasteiger partial charge in [-0.3, -0.25) is 9.59 Å². The van der Waals surface area contributed by atoms with Crippen LogP contribution in [0.4, 0.5) is 11.4 Å². The van der Waals surface area contributed by atoms with E-state index in [2.05, 4.69) is 4.90 Å². The summed E-state index contributed by atoms with van der Waals surface area (Å²) in [5.41, 5.74) is 1.74. The van der Waals surface area contributed by atoms with E-state index >= 15 is 0 Å². The summed E-state index contributed by atoms with van der Waals surface area (Å²) >= 11 is 0. The van der Waals surface area contributed by atoms with Gasteiger partial charge in [0.1, 0.15) is 0 Å². The van der Waals surface area contributed by atoms with Crippen molar-refractivity contribution in [2.45, 2.75) is 13.3 Å². The van der Waals surface area contributed by atoms with Gasteiger partial charge in [0.15, 0.2) is 0 Å². The maximum absolute atomic E-state index is 12.3. The molecule has 2 aliphatic heterocycles. The zero-order chi connectivity index (χ0) is 19.6. The van der Waals surface area contributed by atoms with E-state index in [1.807, 2.05) is 24.3 Å². The quantitative estimate of drug-likeness (QED) is 0.682. The summed E-state index contributed by atoms with van der Waals surface area (Å²) in [6, 6.07) is 7.58. The first-order valence-electron chi connectivity index (χ1n) is 9.06. The average Bonchev–Trinajstić information content (AvgIpc) is 3.03. The third-order valence-corrected chi connectivity index (χ3v) is 6.28. The second kappa shape index (κ2) is 7.85. The lowest BCUT2D eigenvalue weighted by Crippen LogP contribution is -2.48. The molecular formula is C18H25N3O5S. The van der Waals surface area contributed by atoms with Crippen molar-refractivity contribution in [1.82, 2.24) is 4.31 Å². The molecule has 2 saturated heterocycles. The SMILES string of the molecule is CCOC(=O)[C@@H]1CC(=O)N(c2ccc(N3CCN(S(C)(=O)=O)CC3)cc2)C1. The molecule has 1 amide bonds. The van der Waals surface area contributed by atoms with Crippen molar-refractivity contribution in [3.8, 4) is 0 Å². The molecule has 0 N–H and O–H groups in total.